The lowest BCUT2D eigenvalue weighted by Gasteiger charge is -2.10. The Labute approximate surface area is 153 Å². The molecule has 2 aromatic heterocycles. The zero-order chi connectivity index (χ0) is 18.7. The zero-order valence-electron chi connectivity index (χ0n) is 14.1. The van der Waals surface area contributed by atoms with E-state index in [9.17, 15) is 13.2 Å². The summed E-state index contributed by atoms with van der Waals surface area (Å²) >= 11 is 1.67. The van der Waals surface area contributed by atoms with Crippen LogP contribution in [0.5, 0.6) is 5.75 Å². The summed E-state index contributed by atoms with van der Waals surface area (Å²) in [6.07, 6.45) is -1.31. The third kappa shape index (κ3) is 4.01. The Morgan fingerprint density at radius 2 is 1.88 bits per heavy atom. The van der Waals surface area contributed by atoms with Crippen LogP contribution in [0.3, 0.4) is 0 Å². The van der Waals surface area contributed by atoms with Crippen molar-refractivity contribution in [2.45, 2.75) is 25.1 Å². The minimum absolute atomic E-state index is 0.252. The third-order valence-electron chi connectivity index (χ3n) is 3.66. The number of halogens is 3. The molecule has 0 saturated heterocycles. The predicted octanol–water partition coefficient (Wildman–Crippen LogP) is 5.25. The number of thioether (sulfide) groups is 1. The Hall–Kier alpha value is -2.48. The van der Waals surface area contributed by atoms with Gasteiger partial charge in [0.1, 0.15) is 5.75 Å². The normalized spacial score (nSPS) is 11.6. The molecule has 0 amide bonds. The highest BCUT2D eigenvalue weighted by Crippen LogP contribution is 2.30. The Balaban J connectivity index is 1.93. The Kier molecular flexibility index (Phi) is 5.22. The van der Waals surface area contributed by atoms with Crippen molar-refractivity contribution in [1.82, 2.24) is 14.8 Å². The maximum Gasteiger partial charge on any atom is 0.573 e. The highest BCUT2D eigenvalue weighted by Gasteiger charge is 2.31. The Morgan fingerprint density at radius 3 is 2.54 bits per heavy atom. The van der Waals surface area contributed by atoms with Gasteiger partial charge < -0.3 is 4.74 Å². The van der Waals surface area contributed by atoms with Gasteiger partial charge in [0.05, 0.1) is 16.8 Å². The molecular formula is C18H16F3N3OS. The molecule has 1 aromatic carbocycles. The average Bonchev–Trinajstić information content (AvgIpc) is 2.96. The van der Waals surface area contributed by atoms with Crippen LogP contribution in [0.25, 0.3) is 16.9 Å². The Bertz CT molecular complexity index is 891. The molecule has 3 aromatic rings. The molecule has 0 saturated carbocycles. The van der Waals surface area contributed by atoms with Crippen molar-refractivity contribution in [1.29, 1.82) is 0 Å². The van der Waals surface area contributed by atoms with E-state index in [0.29, 0.717) is 0 Å². The zero-order valence-corrected chi connectivity index (χ0v) is 14.9. The number of pyridine rings is 1. The number of alkyl halides is 3. The topological polar surface area (TPSA) is 39.9 Å². The van der Waals surface area contributed by atoms with Crippen molar-refractivity contribution < 1.29 is 17.9 Å². The number of nitrogens with zero attached hydrogens (tertiary/aromatic N) is 3. The second-order valence-electron chi connectivity index (χ2n) is 5.39. The van der Waals surface area contributed by atoms with Gasteiger partial charge in [0.15, 0.2) is 5.82 Å². The van der Waals surface area contributed by atoms with Crippen LogP contribution in [0, 0.1) is 6.92 Å². The van der Waals surface area contributed by atoms with Crippen molar-refractivity contribution in [3.05, 3.63) is 54.5 Å². The molecule has 0 N–H and O–H groups in total. The smallest absolute Gasteiger partial charge is 0.406 e. The lowest BCUT2D eigenvalue weighted by atomic mass is 10.1. The van der Waals surface area contributed by atoms with Crippen molar-refractivity contribution in [2.75, 3.05) is 5.75 Å². The van der Waals surface area contributed by atoms with E-state index in [-0.39, 0.29) is 5.75 Å². The lowest BCUT2D eigenvalue weighted by molar-refractivity contribution is -0.274. The fourth-order valence-corrected chi connectivity index (χ4v) is 3.31. The summed E-state index contributed by atoms with van der Waals surface area (Å²) in [7, 11) is 0. The first-order valence-electron chi connectivity index (χ1n) is 7.88. The quantitative estimate of drug-likeness (QED) is 0.568. The van der Waals surface area contributed by atoms with Crippen molar-refractivity contribution in [2.24, 2.45) is 0 Å². The minimum atomic E-state index is -4.70. The maximum atomic E-state index is 12.3. The molecular weight excluding hydrogens is 363 g/mol. The summed E-state index contributed by atoms with van der Waals surface area (Å²) in [5, 5.41) is 4.42. The first kappa shape index (κ1) is 18.3. The van der Waals surface area contributed by atoms with Crippen LogP contribution in [-0.4, -0.2) is 26.9 Å². The van der Waals surface area contributed by atoms with Gasteiger partial charge in [0.2, 0.25) is 0 Å². The molecule has 4 nitrogen and oxygen atoms in total. The van der Waals surface area contributed by atoms with Crippen LogP contribution in [-0.2, 0) is 0 Å². The molecule has 0 radical (unpaired) electrons. The van der Waals surface area contributed by atoms with Gasteiger partial charge in [-0.05, 0) is 42.5 Å². The molecule has 2 heterocycles. The summed E-state index contributed by atoms with van der Waals surface area (Å²) in [6.45, 7) is 3.96. The highest BCUT2D eigenvalue weighted by molar-refractivity contribution is 7.99. The first-order chi connectivity index (χ1) is 12.4. The molecule has 8 heteroatoms. The summed E-state index contributed by atoms with van der Waals surface area (Å²) in [5.74, 6) is 1.39. The van der Waals surface area contributed by atoms with Crippen molar-refractivity contribution >= 4 is 11.8 Å². The first-order valence-corrected chi connectivity index (χ1v) is 8.86. The van der Waals surface area contributed by atoms with Gasteiger partial charge in [-0.2, -0.15) is 5.10 Å². The van der Waals surface area contributed by atoms with Crippen LogP contribution < -0.4 is 4.74 Å². The fraction of sp³-hybridized carbons (Fsp3) is 0.222. The standard InChI is InChI=1S/C18H16F3N3OS/c1-3-26-16-5-4-10-22-17(16)24-12(2)15(11-23-24)13-6-8-14(9-7-13)25-18(19,20)21/h4-11H,3H2,1-2H3. The second kappa shape index (κ2) is 7.41. The second-order valence-corrected chi connectivity index (χ2v) is 6.69. The van der Waals surface area contributed by atoms with Gasteiger partial charge in [-0.3, -0.25) is 0 Å². The van der Waals surface area contributed by atoms with Gasteiger partial charge >= 0.3 is 6.36 Å². The average molecular weight is 379 g/mol. The lowest BCUT2D eigenvalue weighted by Crippen LogP contribution is -2.16. The number of hydrogen-bond donors (Lipinski definition) is 0. The summed E-state index contributed by atoms with van der Waals surface area (Å²) in [4.78, 5) is 5.44. The van der Waals surface area contributed by atoms with E-state index >= 15 is 0 Å². The van der Waals surface area contributed by atoms with E-state index in [1.165, 1.54) is 12.1 Å². The van der Waals surface area contributed by atoms with Gasteiger partial charge in [-0.15, -0.1) is 24.9 Å². The molecule has 0 spiro atoms. The molecule has 26 heavy (non-hydrogen) atoms. The van der Waals surface area contributed by atoms with E-state index in [1.54, 1.807) is 41.0 Å². The number of hydrogen-bond acceptors (Lipinski definition) is 4. The third-order valence-corrected chi connectivity index (χ3v) is 4.58. The molecule has 136 valence electrons. The minimum Gasteiger partial charge on any atom is -0.406 e. The van der Waals surface area contributed by atoms with Crippen LogP contribution >= 0.6 is 11.8 Å². The van der Waals surface area contributed by atoms with E-state index in [4.69, 9.17) is 0 Å². The molecule has 3 rings (SSSR count). The molecule has 0 aliphatic heterocycles. The number of ether oxygens (including phenoxy) is 1. The highest BCUT2D eigenvalue weighted by atomic mass is 32.2. The van der Waals surface area contributed by atoms with Gasteiger partial charge in [0.25, 0.3) is 0 Å². The summed E-state index contributed by atoms with van der Waals surface area (Å²) < 4.78 is 42.5. The van der Waals surface area contributed by atoms with Crippen LogP contribution in [0.15, 0.2) is 53.7 Å². The van der Waals surface area contributed by atoms with Gasteiger partial charge in [-0.25, -0.2) is 9.67 Å². The van der Waals surface area contributed by atoms with E-state index in [0.717, 1.165) is 33.3 Å². The van der Waals surface area contributed by atoms with Gasteiger partial charge in [0, 0.05) is 11.8 Å². The molecule has 0 unspecified atom stereocenters. The number of rotatable bonds is 5. The van der Waals surface area contributed by atoms with E-state index < -0.39 is 6.36 Å². The monoisotopic (exact) mass is 379 g/mol. The number of aromatic nitrogens is 3. The predicted molar refractivity (Wildman–Crippen MR) is 94.6 cm³/mol. The SMILES string of the molecule is CCSc1cccnc1-n1ncc(-c2ccc(OC(F)(F)F)cc2)c1C. The van der Waals surface area contributed by atoms with Crippen molar-refractivity contribution in [3.63, 3.8) is 0 Å². The molecule has 0 bridgehead atoms. The fourth-order valence-electron chi connectivity index (χ4n) is 2.55. The van der Waals surface area contributed by atoms with E-state index in [2.05, 4.69) is 21.7 Å². The Morgan fingerprint density at radius 1 is 1.15 bits per heavy atom. The number of benzene rings is 1. The van der Waals surface area contributed by atoms with E-state index in [1.807, 2.05) is 19.1 Å². The van der Waals surface area contributed by atoms with Crippen LogP contribution in [0.2, 0.25) is 0 Å². The maximum absolute atomic E-state index is 12.3. The summed E-state index contributed by atoms with van der Waals surface area (Å²) in [6, 6.07) is 9.60. The molecule has 0 atom stereocenters. The summed E-state index contributed by atoms with van der Waals surface area (Å²) in [5.41, 5.74) is 2.43. The van der Waals surface area contributed by atoms with Gasteiger partial charge in [-0.1, -0.05) is 19.1 Å². The molecule has 0 aliphatic rings. The molecule has 0 fully saturated rings. The van der Waals surface area contributed by atoms with Crippen LogP contribution in [0.4, 0.5) is 13.2 Å². The molecule has 0 aliphatic carbocycles. The largest absolute Gasteiger partial charge is 0.573 e. The van der Waals surface area contributed by atoms with Crippen molar-refractivity contribution in [3.8, 4) is 22.7 Å². The van der Waals surface area contributed by atoms with Crippen LogP contribution in [0.1, 0.15) is 12.6 Å².